The normalized spacial score (nSPS) is 15.8. The predicted octanol–water partition coefficient (Wildman–Crippen LogP) is 3.92. The molecule has 1 aliphatic carbocycles. The van der Waals surface area contributed by atoms with Crippen LogP contribution >= 0.6 is 11.8 Å². The van der Waals surface area contributed by atoms with Crippen LogP contribution in [0, 0.1) is 6.92 Å². The molecule has 1 aromatic heterocycles. The topological polar surface area (TPSA) is 59.8 Å². The monoisotopic (exact) mass is 392 g/mol. The number of nitrogens with zero attached hydrogens (tertiary/aromatic N) is 3. The fourth-order valence-electron chi connectivity index (χ4n) is 3.69. The summed E-state index contributed by atoms with van der Waals surface area (Å²) in [6.45, 7) is 2.65. The van der Waals surface area contributed by atoms with Crippen LogP contribution in [0.15, 0.2) is 59.8 Å². The Morgan fingerprint density at radius 3 is 2.79 bits per heavy atom. The predicted molar refractivity (Wildman–Crippen MR) is 111 cm³/mol. The highest BCUT2D eigenvalue weighted by atomic mass is 32.2. The summed E-state index contributed by atoms with van der Waals surface area (Å²) in [7, 11) is 0. The van der Waals surface area contributed by atoms with Crippen molar-refractivity contribution >= 4 is 17.7 Å². The molecule has 5 nitrogen and oxygen atoms in total. The summed E-state index contributed by atoms with van der Waals surface area (Å²) in [6, 6.07) is 18.8. The summed E-state index contributed by atoms with van der Waals surface area (Å²) in [5, 5.41) is 12.4. The summed E-state index contributed by atoms with van der Waals surface area (Å²) in [4.78, 5) is 12.6. The lowest BCUT2D eigenvalue weighted by molar-refractivity contribution is -0.119. The summed E-state index contributed by atoms with van der Waals surface area (Å²) in [5.74, 6) is 1.23. The number of hydrogen-bond donors (Lipinski definition) is 1. The maximum Gasteiger partial charge on any atom is 0.230 e. The van der Waals surface area contributed by atoms with Crippen molar-refractivity contribution in [3.63, 3.8) is 0 Å². The number of nitrogens with one attached hydrogen (secondary N) is 1. The van der Waals surface area contributed by atoms with Crippen molar-refractivity contribution < 1.29 is 4.79 Å². The molecule has 144 valence electrons. The second-order valence-corrected chi connectivity index (χ2v) is 8.04. The number of thioether (sulfide) groups is 1. The first-order chi connectivity index (χ1) is 13.7. The highest BCUT2D eigenvalue weighted by Crippen LogP contribution is 2.29. The van der Waals surface area contributed by atoms with Gasteiger partial charge < -0.3 is 9.88 Å². The minimum absolute atomic E-state index is 0.0404. The SMILES string of the molecule is Cc1nnc(SCC(=O)NC2CCCc3ccccc32)n1Cc1ccccc1. The van der Waals surface area contributed by atoms with Crippen LogP contribution in [0.3, 0.4) is 0 Å². The van der Waals surface area contributed by atoms with Gasteiger partial charge >= 0.3 is 0 Å². The second kappa shape index (κ2) is 8.61. The number of fused-ring (bicyclic) bond motifs is 1. The minimum atomic E-state index is 0.0404. The number of rotatable bonds is 6. The highest BCUT2D eigenvalue weighted by molar-refractivity contribution is 7.99. The Morgan fingerprint density at radius 2 is 1.93 bits per heavy atom. The van der Waals surface area contributed by atoms with Gasteiger partial charge in [0.2, 0.25) is 5.91 Å². The third-order valence-corrected chi connectivity index (χ3v) is 6.09. The Bertz CT molecular complexity index is 954. The van der Waals surface area contributed by atoms with Gasteiger partial charge in [-0.3, -0.25) is 4.79 Å². The van der Waals surface area contributed by atoms with Crippen LogP contribution in [0.25, 0.3) is 0 Å². The molecule has 0 radical (unpaired) electrons. The lowest BCUT2D eigenvalue weighted by Crippen LogP contribution is -2.32. The molecule has 1 amide bonds. The van der Waals surface area contributed by atoms with Gasteiger partial charge in [-0.15, -0.1) is 10.2 Å². The molecule has 1 unspecified atom stereocenters. The number of carbonyl (C=O) groups excluding carboxylic acids is 1. The average Bonchev–Trinajstić information content (AvgIpc) is 3.07. The first kappa shape index (κ1) is 18.7. The standard InChI is InChI=1S/C22H24N4OS/c1-16-24-25-22(26(16)14-17-8-3-2-4-9-17)28-15-21(27)23-20-13-7-11-18-10-5-6-12-19(18)20/h2-6,8-10,12,20H,7,11,13-15H2,1H3,(H,23,27). The Labute approximate surface area is 169 Å². The second-order valence-electron chi connectivity index (χ2n) is 7.10. The Kier molecular flexibility index (Phi) is 5.76. The van der Waals surface area contributed by atoms with Crippen LogP contribution < -0.4 is 5.32 Å². The molecule has 6 heteroatoms. The van der Waals surface area contributed by atoms with E-state index < -0.39 is 0 Å². The van der Waals surface area contributed by atoms with Gasteiger partial charge in [0.15, 0.2) is 5.16 Å². The fraction of sp³-hybridized carbons (Fsp3) is 0.318. The molecule has 0 spiro atoms. The van der Waals surface area contributed by atoms with E-state index in [2.05, 4.69) is 50.4 Å². The quantitative estimate of drug-likeness (QED) is 0.646. The van der Waals surface area contributed by atoms with Crippen LogP contribution in [0.2, 0.25) is 0 Å². The molecule has 0 fully saturated rings. The highest BCUT2D eigenvalue weighted by Gasteiger charge is 2.21. The van der Waals surface area contributed by atoms with Crippen LogP contribution in [0.1, 0.15) is 41.4 Å². The first-order valence-corrected chi connectivity index (χ1v) is 10.6. The van der Waals surface area contributed by atoms with Crippen molar-refractivity contribution in [1.29, 1.82) is 0 Å². The van der Waals surface area contributed by atoms with E-state index in [-0.39, 0.29) is 11.9 Å². The molecule has 1 heterocycles. The van der Waals surface area contributed by atoms with Crippen molar-refractivity contribution in [2.45, 2.75) is 43.9 Å². The molecular formula is C22H24N4OS. The fourth-order valence-corrected chi connectivity index (χ4v) is 4.48. The zero-order chi connectivity index (χ0) is 19.3. The Morgan fingerprint density at radius 1 is 1.14 bits per heavy atom. The maximum absolute atomic E-state index is 12.6. The van der Waals surface area contributed by atoms with Crippen LogP contribution in [0.5, 0.6) is 0 Å². The number of benzene rings is 2. The van der Waals surface area contributed by atoms with Gasteiger partial charge in [-0.2, -0.15) is 0 Å². The molecular weight excluding hydrogens is 368 g/mol. The van der Waals surface area contributed by atoms with Crippen molar-refractivity contribution in [1.82, 2.24) is 20.1 Å². The molecule has 1 N–H and O–H groups in total. The number of hydrogen-bond acceptors (Lipinski definition) is 4. The van der Waals surface area contributed by atoms with Gasteiger partial charge in [0.05, 0.1) is 18.3 Å². The van der Waals surface area contributed by atoms with Gasteiger partial charge in [0.1, 0.15) is 5.82 Å². The van der Waals surface area contributed by atoms with Crippen LogP contribution in [-0.2, 0) is 17.8 Å². The lowest BCUT2D eigenvalue weighted by atomic mass is 9.88. The van der Waals surface area contributed by atoms with E-state index >= 15 is 0 Å². The molecule has 1 atom stereocenters. The van der Waals surface area contributed by atoms with E-state index in [4.69, 9.17) is 0 Å². The van der Waals surface area contributed by atoms with Crippen LogP contribution in [-0.4, -0.2) is 26.4 Å². The molecule has 28 heavy (non-hydrogen) atoms. The summed E-state index contributed by atoms with van der Waals surface area (Å²) < 4.78 is 2.06. The minimum Gasteiger partial charge on any atom is -0.349 e. The van der Waals surface area contributed by atoms with Crippen LogP contribution in [0.4, 0.5) is 0 Å². The molecule has 4 rings (SSSR count). The molecule has 0 aliphatic heterocycles. The molecule has 0 bridgehead atoms. The number of aryl methyl sites for hydroxylation is 2. The van der Waals surface area contributed by atoms with Gasteiger partial charge in [0.25, 0.3) is 0 Å². The first-order valence-electron chi connectivity index (χ1n) is 9.64. The Hall–Kier alpha value is -2.60. The van der Waals surface area contributed by atoms with E-state index in [0.717, 1.165) is 30.2 Å². The van der Waals surface area contributed by atoms with Gasteiger partial charge in [0, 0.05) is 0 Å². The van der Waals surface area contributed by atoms with Gasteiger partial charge in [-0.25, -0.2) is 0 Å². The molecule has 0 saturated carbocycles. The Balaban J connectivity index is 1.38. The maximum atomic E-state index is 12.6. The summed E-state index contributed by atoms with van der Waals surface area (Å²) in [5.41, 5.74) is 3.80. The zero-order valence-corrected chi connectivity index (χ0v) is 16.8. The molecule has 3 aromatic rings. The number of carbonyl (C=O) groups is 1. The van der Waals surface area contributed by atoms with Crippen molar-refractivity contribution in [2.75, 3.05) is 5.75 Å². The van der Waals surface area contributed by atoms with Gasteiger partial charge in [-0.05, 0) is 42.9 Å². The lowest BCUT2D eigenvalue weighted by Gasteiger charge is -2.26. The van der Waals surface area contributed by atoms with Gasteiger partial charge in [-0.1, -0.05) is 66.4 Å². The van der Waals surface area contributed by atoms with Crippen molar-refractivity contribution in [2.24, 2.45) is 0 Å². The van der Waals surface area contributed by atoms with E-state index in [1.807, 2.05) is 31.2 Å². The summed E-state index contributed by atoms with van der Waals surface area (Å²) >= 11 is 1.44. The molecule has 2 aromatic carbocycles. The summed E-state index contributed by atoms with van der Waals surface area (Å²) in [6.07, 6.45) is 3.20. The smallest absolute Gasteiger partial charge is 0.230 e. The van der Waals surface area contributed by atoms with E-state index in [9.17, 15) is 4.79 Å². The number of aromatic nitrogens is 3. The molecule has 1 aliphatic rings. The largest absolute Gasteiger partial charge is 0.349 e. The zero-order valence-electron chi connectivity index (χ0n) is 16.0. The third-order valence-electron chi connectivity index (χ3n) is 5.12. The third kappa shape index (κ3) is 4.28. The number of amides is 1. The van der Waals surface area contributed by atoms with E-state index in [1.54, 1.807) is 0 Å². The van der Waals surface area contributed by atoms with Crippen molar-refractivity contribution in [3.8, 4) is 0 Å². The molecule has 0 saturated heterocycles. The van der Waals surface area contributed by atoms with E-state index in [1.165, 1.54) is 28.5 Å². The average molecular weight is 393 g/mol. The van der Waals surface area contributed by atoms with Crippen molar-refractivity contribution in [3.05, 3.63) is 77.1 Å². The van der Waals surface area contributed by atoms with E-state index in [0.29, 0.717) is 12.3 Å².